The van der Waals surface area contributed by atoms with E-state index >= 15 is 0 Å². The number of aryl methyl sites for hydroxylation is 1. The van der Waals surface area contributed by atoms with Crippen molar-refractivity contribution in [3.05, 3.63) is 53.6 Å². The zero-order valence-corrected chi connectivity index (χ0v) is 17.4. The number of hydrogen-bond acceptors (Lipinski definition) is 4. The molecule has 0 heterocycles. The first-order valence-electron chi connectivity index (χ1n) is 9.53. The molecule has 2 N–H and O–H groups in total. The molecule has 0 saturated carbocycles. The van der Waals surface area contributed by atoms with Crippen LogP contribution in [0.2, 0.25) is 0 Å². The van der Waals surface area contributed by atoms with Gasteiger partial charge in [0.1, 0.15) is 11.5 Å². The molecule has 0 spiro atoms. The number of methoxy groups -OCH3 is 1. The van der Waals surface area contributed by atoms with Gasteiger partial charge in [0.25, 0.3) is 0 Å². The Balaban J connectivity index is 2.03. The van der Waals surface area contributed by atoms with Crippen LogP contribution in [-0.4, -0.2) is 45.3 Å². The van der Waals surface area contributed by atoms with E-state index in [1.54, 1.807) is 7.11 Å². The summed E-state index contributed by atoms with van der Waals surface area (Å²) in [5, 5.41) is 5.86. The molecule has 152 valence electrons. The van der Waals surface area contributed by atoms with Gasteiger partial charge < -0.3 is 25.0 Å². The Labute approximate surface area is 167 Å². The van der Waals surface area contributed by atoms with Crippen molar-refractivity contribution in [1.29, 1.82) is 0 Å². The van der Waals surface area contributed by atoms with Gasteiger partial charge in [-0.15, -0.1) is 0 Å². The summed E-state index contributed by atoms with van der Waals surface area (Å²) < 4.78 is 11.1. The number of anilines is 1. The molecule has 6 heteroatoms. The largest absolute Gasteiger partial charge is 0.497 e. The Morgan fingerprint density at radius 1 is 1.18 bits per heavy atom. The first-order valence-corrected chi connectivity index (χ1v) is 9.53. The van der Waals surface area contributed by atoms with E-state index in [0.29, 0.717) is 24.6 Å². The average Bonchev–Trinajstić information content (AvgIpc) is 2.68. The monoisotopic (exact) mass is 385 g/mol. The van der Waals surface area contributed by atoms with Crippen LogP contribution >= 0.6 is 0 Å². The first kappa shape index (κ1) is 21.6. The molecule has 1 atom stereocenters. The van der Waals surface area contributed by atoms with Crippen LogP contribution in [0.5, 0.6) is 11.5 Å². The SMILES string of the molecule is CCCOc1cc(C)ccc1NC(=O)NCC(c1cccc(OC)c1)N(C)C. The lowest BCUT2D eigenvalue weighted by molar-refractivity contribution is 0.243. The number of rotatable bonds is 9. The molecule has 28 heavy (non-hydrogen) atoms. The van der Waals surface area contributed by atoms with Crippen LogP contribution in [0.15, 0.2) is 42.5 Å². The third-order valence-electron chi connectivity index (χ3n) is 4.40. The minimum absolute atomic E-state index is 0.0229. The Morgan fingerprint density at radius 3 is 2.64 bits per heavy atom. The number of benzene rings is 2. The third-order valence-corrected chi connectivity index (χ3v) is 4.40. The van der Waals surface area contributed by atoms with Crippen LogP contribution in [0.3, 0.4) is 0 Å². The molecule has 2 aromatic carbocycles. The van der Waals surface area contributed by atoms with Crippen molar-refractivity contribution in [3.63, 3.8) is 0 Å². The summed E-state index contributed by atoms with van der Waals surface area (Å²) in [6.07, 6.45) is 0.907. The van der Waals surface area contributed by atoms with Crippen LogP contribution in [0.4, 0.5) is 10.5 Å². The zero-order valence-electron chi connectivity index (χ0n) is 17.4. The van der Waals surface area contributed by atoms with Gasteiger partial charge in [0.2, 0.25) is 0 Å². The van der Waals surface area contributed by atoms with E-state index in [-0.39, 0.29) is 12.1 Å². The van der Waals surface area contributed by atoms with E-state index in [1.165, 1.54) is 0 Å². The summed E-state index contributed by atoms with van der Waals surface area (Å²) in [6, 6.07) is 13.4. The molecular weight excluding hydrogens is 354 g/mol. The second-order valence-electron chi connectivity index (χ2n) is 6.94. The molecule has 0 aliphatic rings. The van der Waals surface area contributed by atoms with Gasteiger partial charge >= 0.3 is 6.03 Å². The fraction of sp³-hybridized carbons (Fsp3) is 0.409. The first-order chi connectivity index (χ1) is 13.4. The summed E-state index contributed by atoms with van der Waals surface area (Å²) in [5.74, 6) is 1.49. The van der Waals surface area contributed by atoms with Crippen molar-refractivity contribution in [2.45, 2.75) is 26.3 Å². The molecule has 1 unspecified atom stereocenters. The van der Waals surface area contributed by atoms with Crippen molar-refractivity contribution in [2.24, 2.45) is 0 Å². The maximum Gasteiger partial charge on any atom is 0.319 e. The van der Waals surface area contributed by atoms with E-state index in [0.717, 1.165) is 23.3 Å². The van der Waals surface area contributed by atoms with Crippen LogP contribution in [0.1, 0.15) is 30.5 Å². The highest BCUT2D eigenvalue weighted by Gasteiger charge is 2.16. The van der Waals surface area contributed by atoms with Gasteiger partial charge in [-0.2, -0.15) is 0 Å². The van der Waals surface area contributed by atoms with Gasteiger partial charge in [0, 0.05) is 6.54 Å². The maximum absolute atomic E-state index is 12.5. The summed E-state index contributed by atoms with van der Waals surface area (Å²) in [7, 11) is 5.62. The predicted octanol–water partition coefficient (Wildman–Crippen LogP) is 4.22. The van der Waals surface area contributed by atoms with Gasteiger partial charge in [-0.25, -0.2) is 4.79 Å². The van der Waals surface area contributed by atoms with Crippen molar-refractivity contribution in [2.75, 3.05) is 39.7 Å². The molecule has 2 rings (SSSR count). The van der Waals surface area contributed by atoms with Crippen molar-refractivity contribution in [1.82, 2.24) is 10.2 Å². The Bertz CT molecular complexity index is 777. The Kier molecular flexibility index (Phi) is 8.14. The standard InChI is InChI=1S/C22H31N3O3/c1-6-12-28-21-13-16(2)10-11-19(21)24-22(26)23-15-20(25(3)4)17-8-7-9-18(14-17)27-5/h7-11,13-14,20H,6,12,15H2,1-5H3,(H2,23,24,26). The maximum atomic E-state index is 12.5. The van der Waals surface area contributed by atoms with Crippen molar-refractivity contribution >= 4 is 11.7 Å². The highest BCUT2D eigenvalue weighted by atomic mass is 16.5. The Morgan fingerprint density at radius 2 is 1.96 bits per heavy atom. The highest BCUT2D eigenvalue weighted by molar-refractivity contribution is 5.91. The van der Waals surface area contributed by atoms with Crippen LogP contribution in [0, 0.1) is 6.92 Å². The number of urea groups is 1. The van der Waals surface area contributed by atoms with Gasteiger partial charge in [-0.1, -0.05) is 25.1 Å². The number of nitrogens with one attached hydrogen (secondary N) is 2. The fourth-order valence-electron chi connectivity index (χ4n) is 2.87. The summed E-state index contributed by atoms with van der Waals surface area (Å²) in [4.78, 5) is 14.6. The topological polar surface area (TPSA) is 62.8 Å². The molecule has 0 aliphatic carbocycles. The van der Waals surface area contributed by atoms with E-state index in [4.69, 9.17) is 9.47 Å². The predicted molar refractivity (Wildman–Crippen MR) is 113 cm³/mol. The molecule has 2 aromatic rings. The molecule has 0 radical (unpaired) electrons. The third kappa shape index (κ3) is 6.16. The number of nitrogens with zero attached hydrogens (tertiary/aromatic N) is 1. The van der Waals surface area contributed by atoms with Crippen LogP contribution < -0.4 is 20.1 Å². The summed E-state index contributed by atoms with van der Waals surface area (Å²) >= 11 is 0. The normalized spacial score (nSPS) is 11.8. The molecule has 0 aromatic heterocycles. The molecule has 0 aliphatic heterocycles. The minimum Gasteiger partial charge on any atom is -0.497 e. The second kappa shape index (κ2) is 10.6. The van der Waals surface area contributed by atoms with Crippen LogP contribution in [0.25, 0.3) is 0 Å². The average molecular weight is 386 g/mol. The highest BCUT2D eigenvalue weighted by Crippen LogP contribution is 2.26. The fourth-order valence-corrected chi connectivity index (χ4v) is 2.87. The number of amides is 2. The smallest absolute Gasteiger partial charge is 0.319 e. The lowest BCUT2D eigenvalue weighted by Gasteiger charge is -2.25. The quantitative estimate of drug-likeness (QED) is 0.678. The molecule has 0 saturated heterocycles. The van der Waals surface area contributed by atoms with Gasteiger partial charge in [0.05, 0.1) is 25.4 Å². The van der Waals surface area contributed by atoms with Gasteiger partial charge in [0.15, 0.2) is 0 Å². The number of carbonyl (C=O) groups excluding carboxylic acids is 1. The molecule has 2 amide bonds. The molecule has 0 bridgehead atoms. The van der Waals surface area contributed by atoms with Gasteiger partial charge in [-0.3, -0.25) is 0 Å². The van der Waals surface area contributed by atoms with Crippen molar-refractivity contribution in [3.8, 4) is 11.5 Å². The van der Waals surface area contributed by atoms with E-state index in [2.05, 4.69) is 22.5 Å². The van der Waals surface area contributed by atoms with E-state index in [9.17, 15) is 4.79 Å². The van der Waals surface area contributed by atoms with Gasteiger partial charge in [-0.05, 0) is 62.8 Å². The lowest BCUT2D eigenvalue weighted by atomic mass is 10.1. The number of ether oxygens (including phenoxy) is 2. The molecule has 6 nitrogen and oxygen atoms in total. The minimum atomic E-state index is -0.264. The molecule has 0 fully saturated rings. The van der Waals surface area contributed by atoms with Crippen LogP contribution in [-0.2, 0) is 0 Å². The number of likely N-dealkylation sites (N-methyl/N-ethyl adjacent to an activating group) is 1. The zero-order chi connectivity index (χ0) is 20.5. The van der Waals surface area contributed by atoms with Crippen molar-refractivity contribution < 1.29 is 14.3 Å². The lowest BCUT2D eigenvalue weighted by Crippen LogP contribution is -2.37. The Hall–Kier alpha value is -2.73. The van der Waals surface area contributed by atoms with E-state index in [1.807, 2.05) is 63.5 Å². The summed E-state index contributed by atoms with van der Waals surface area (Å²) in [5.41, 5.74) is 2.83. The summed E-state index contributed by atoms with van der Waals surface area (Å²) in [6.45, 7) is 5.12. The number of hydrogen-bond donors (Lipinski definition) is 2. The van der Waals surface area contributed by atoms with E-state index < -0.39 is 0 Å². The molecular formula is C22H31N3O3. The second-order valence-corrected chi connectivity index (χ2v) is 6.94. The number of carbonyl (C=O) groups is 1.